The minimum absolute atomic E-state index is 0.00353. The lowest BCUT2D eigenvalue weighted by molar-refractivity contribution is 0.189. The van der Waals surface area contributed by atoms with Crippen molar-refractivity contribution in [3.8, 4) is 17.2 Å². The number of nitrogens with two attached hydrogens (primary N) is 1. The number of hydrogen-bond donors (Lipinski definition) is 1. The molecule has 0 amide bonds. The summed E-state index contributed by atoms with van der Waals surface area (Å²) in [6, 6.07) is 17.4. The van der Waals surface area contributed by atoms with Crippen LogP contribution >= 0.6 is 0 Å². The lowest BCUT2D eigenvalue weighted by Crippen LogP contribution is -2.20. The number of para-hydroxylation sites is 1. The van der Waals surface area contributed by atoms with Gasteiger partial charge in [-0.05, 0) is 43.3 Å². The topological polar surface area (TPSA) is 90.8 Å². The molecular formula is C18H20N4O3. The fourth-order valence-corrected chi connectivity index (χ4v) is 2.50. The Labute approximate surface area is 146 Å². The number of benzene rings is 2. The molecule has 25 heavy (non-hydrogen) atoms. The molecule has 1 heterocycles. The van der Waals surface area contributed by atoms with Crippen molar-refractivity contribution in [2.24, 2.45) is 21.2 Å². The fourth-order valence-electron chi connectivity index (χ4n) is 2.50. The van der Waals surface area contributed by atoms with Gasteiger partial charge in [-0.25, -0.2) is 4.99 Å². The molecule has 2 atom stereocenters. The zero-order chi connectivity index (χ0) is 17.5. The number of rotatable bonds is 6. The zero-order valence-electron chi connectivity index (χ0n) is 13.9. The van der Waals surface area contributed by atoms with Crippen LogP contribution in [0.4, 0.5) is 0 Å². The number of amidine groups is 1. The molecular weight excluding hydrogens is 320 g/mol. The Bertz CT molecular complexity index is 732. The van der Waals surface area contributed by atoms with Gasteiger partial charge in [0.25, 0.3) is 0 Å². The van der Waals surface area contributed by atoms with E-state index in [2.05, 4.69) is 15.3 Å². The second kappa shape index (κ2) is 8.14. The summed E-state index contributed by atoms with van der Waals surface area (Å²) in [5, 5.41) is 6.75. The van der Waals surface area contributed by atoms with E-state index in [0.717, 1.165) is 17.2 Å². The molecule has 0 fully saturated rings. The molecule has 0 spiro atoms. The second-order valence-electron chi connectivity index (χ2n) is 5.64. The van der Waals surface area contributed by atoms with Gasteiger partial charge >= 0.3 is 6.02 Å². The first-order valence-electron chi connectivity index (χ1n) is 8.04. The molecule has 2 aromatic carbocycles. The van der Waals surface area contributed by atoms with Gasteiger partial charge in [0.05, 0.1) is 12.1 Å². The Morgan fingerprint density at radius 3 is 2.52 bits per heavy atom. The van der Waals surface area contributed by atoms with Crippen molar-refractivity contribution in [2.45, 2.75) is 25.5 Å². The van der Waals surface area contributed by atoms with Gasteiger partial charge in [-0.2, -0.15) is 0 Å². The molecule has 7 heteroatoms. The van der Waals surface area contributed by atoms with Crippen molar-refractivity contribution in [3.63, 3.8) is 0 Å². The summed E-state index contributed by atoms with van der Waals surface area (Å²) in [5.41, 5.74) is 0. The molecule has 1 aliphatic rings. The monoisotopic (exact) mass is 340 g/mol. The summed E-state index contributed by atoms with van der Waals surface area (Å²) in [7, 11) is 0. The molecule has 3 rings (SSSR count). The number of hydrogen-bond acceptors (Lipinski definition) is 6. The molecule has 130 valence electrons. The molecule has 7 nitrogen and oxygen atoms in total. The van der Waals surface area contributed by atoms with E-state index in [4.69, 9.17) is 20.1 Å². The summed E-state index contributed by atoms with van der Waals surface area (Å²) in [6.45, 7) is 2.46. The van der Waals surface area contributed by atoms with E-state index in [1.807, 2.05) is 61.5 Å². The Morgan fingerprint density at radius 2 is 1.80 bits per heavy atom. The highest BCUT2D eigenvalue weighted by molar-refractivity contribution is 5.75. The van der Waals surface area contributed by atoms with Crippen LogP contribution in [0, 0.1) is 0 Å². The Kier molecular flexibility index (Phi) is 5.46. The first kappa shape index (κ1) is 16.8. The summed E-state index contributed by atoms with van der Waals surface area (Å²) >= 11 is 0. The van der Waals surface area contributed by atoms with Crippen LogP contribution in [0.2, 0.25) is 0 Å². The summed E-state index contributed by atoms with van der Waals surface area (Å²) in [6.07, 6.45) is 0.693. The number of nitrogens with zero attached hydrogens (tertiary/aromatic N) is 3. The summed E-state index contributed by atoms with van der Waals surface area (Å²) in [4.78, 5) is 4.27. The Hall–Kier alpha value is -3.09. The van der Waals surface area contributed by atoms with E-state index < -0.39 is 0 Å². The van der Waals surface area contributed by atoms with Crippen molar-refractivity contribution in [1.29, 1.82) is 0 Å². The smallest absolute Gasteiger partial charge is 0.332 e. The molecule has 0 saturated heterocycles. The maximum atomic E-state index is 5.92. The molecule has 1 aliphatic heterocycles. The molecule has 2 aromatic rings. The van der Waals surface area contributed by atoms with E-state index in [1.165, 1.54) is 0 Å². The largest absolute Gasteiger partial charge is 0.491 e. The van der Waals surface area contributed by atoms with Gasteiger partial charge in [-0.3, -0.25) is 0 Å². The zero-order valence-corrected chi connectivity index (χ0v) is 13.9. The third-order valence-corrected chi connectivity index (χ3v) is 3.59. The van der Waals surface area contributed by atoms with Crippen LogP contribution in [0.1, 0.15) is 13.3 Å². The molecule has 0 bridgehead atoms. The van der Waals surface area contributed by atoms with Gasteiger partial charge in [0.15, 0.2) is 0 Å². The maximum Gasteiger partial charge on any atom is 0.332 e. The average Bonchev–Trinajstić information content (AvgIpc) is 3.05. The van der Waals surface area contributed by atoms with E-state index in [9.17, 15) is 0 Å². The molecule has 2 N–H and O–H groups in total. The summed E-state index contributed by atoms with van der Waals surface area (Å²) in [5.74, 6) is 7.32. The van der Waals surface area contributed by atoms with Crippen molar-refractivity contribution < 1.29 is 14.2 Å². The van der Waals surface area contributed by atoms with Gasteiger partial charge in [0, 0.05) is 6.42 Å². The number of aliphatic imine (C=N–C) groups is 1. The quantitative estimate of drug-likeness (QED) is 0.493. The second-order valence-corrected chi connectivity index (χ2v) is 5.64. The van der Waals surface area contributed by atoms with Crippen LogP contribution in [0.25, 0.3) is 0 Å². The standard InChI is InChI=1S/C18H20N4O3/c1-13(11-14-12-23-18(20-14)21-22-19)24-16-7-9-17(10-8-16)25-15-5-3-2-4-6-15/h2-10,13-14H,11-12H2,1H3,(H2,19,20,21)/t13-,14-/m0/s1. The number of ether oxygens (including phenoxy) is 3. The van der Waals surface area contributed by atoms with Crippen LogP contribution < -0.4 is 15.3 Å². The van der Waals surface area contributed by atoms with E-state index in [0.29, 0.717) is 13.0 Å². The SMILES string of the molecule is C[C@@H](C[C@H]1COC(N=NN)=N1)Oc1ccc(Oc2ccccc2)cc1. The van der Waals surface area contributed by atoms with Crippen molar-refractivity contribution in [2.75, 3.05) is 6.61 Å². The molecule has 0 aliphatic carbocycles. The van der Waals surface area contributed by atoms with Gasteiger partial charge in [-0.15, -0.1) is 0 Å². The van der Waals surface area contributed by atoms with Crippen molar-refractivity contribution in [3.05, 3.63) is 54.6 Å². The van der Waals surface area contributed by atoms with Crippen LogP contribution in [0.15, 0.2) is 69.9 Å². The minimum Gasteiger partial charge on any atom is -0.491 e. The first-order chi connectivity index (χ1) is 12.2. The van der Waals surface area contributed by atoms with E-state index >= 15 is 0 Å². The first-order valence-corrected chi connectivity index (χ1v) is 8.04. The van der Waals surface area contributed by atoms with Crippen LogP contribution in [0.3, 0.4) is 0 Å². The van der Waals surface area contributed by atoms with Crippen LogP contribution in [-0.2, 0) is 4.74 Å². The lowest BCUT2D eigenvalue weighted by atomic mass is 10.1. The molecule has 0 saturated carbocycles. The van der Waals surface area contributed by atoms with Gasteiger partial charge in [0.2, 0.25) is 0 Å². The van der Waals surface area contributed by atoms with E-state index in [-0.39, 0.29) is 18.2 Å². The van der Waals surface area contributed by atoms with E-state index in [1.54, 1.807) is 0 Å². The normalized spacial score (nSPS) is 17.8. The van der Waals surface area contributed by atoms with Crippen LogP contribution in [0.5, 0.6) is 17.2 Å². The highest BCUT2D eigenvalue weighted by Gasteiger charge is 2.22. The van der Waals surface area contributed by atoms with Gasteiger partial charge in [0.1, 0.15) is 23.9 Å². The molecule has 0 radical (unpaired) electrons. The molecule has 0 unspecified atom stereocenters. The van der Waals surface area contributed by atoms with Crippen molar-refractivity contribution in [1.82, 2.24) is 0 Å². The Morgan fingerprint density at radius 1 is 1.12 bits per heavy atom. The maximum absolute atomic E-state index is 5.92. The predicted octanol–water partition coefficient (Wildman–Crippen LogP) is 3.72. The lowest BCUT2D eigenvalue weighted by Gasteiger charge is -2.16. The van der Waals surface area contributed by atoms with Crippen LogP contribution in [-0.4, -0.2) is 24.8 Å². The third-order valence-electron chi connectivity index (χ3n) is 3.59. The average molecular weight is 340 g/mol. The fraction of sp³-hybridized carbons (Fsp3) is 0.278. The Balaban J connectivity index is 1.51. The van der Waals surface area contributed by atoms with Gasteiger partial charge < -0.3 is 20.1 Å². The predicted molar refractivity (Wildman–Crippen MR) is 93.9 cm³/mol. The third kappa shape index (κ3) is 4.94. The molecule has 0 aromatic heterocycles. The minimum atomic E-state index is -0.0209. The summed E-state index contributed by atoms with van der Waals surface area (Å²) < 4.78 is 16.9. The highest BCUT2D eigenvalue weighted by atomic mass is 16.5. The van der Waals surface area contributed by atoms with Gasteiger partial charge in [-0.1, -0.05) is 28.5 Å². The highest BCUT2D eigenvalue weighted by Crippen LogP contribution is 2.24. The van der Waals surface area contributed by atoms with Crippen molar-refractivity contribution >= 4 is 6.02 Å².